The number of carbonyl (C=O) groups is 1. The topological polar surface area (TPSA) is 94.9 Å². The first-order chi connectivity index (χ1) is 9.23. The molecule has 0 amide bonds. The standard InChI is InChI=1S/C12H14BrNO5S/c1-7-2-3-11(9(13)4-7)20(18,19)14-6-8(15)5-10(14)12(16)17/h2-4,8,10,15H,5-6H2,1H3,(H,16,17)/t8-,10-/m0/s1. The molecule has 2 N–H and O–H groups in total. The van der Waals surface area contributed by atoms with Crippen LogP contribution >= 0.6 is 15.9 Å². The van der Waals surface area contributed by atoms with Crippen LogP contribution in [0.3, 0.4) is 0 Å². The number of sulfonamides is 1. The predicted octanol–water partition coefficient (Wildman–Crippen LogP) is 0.966. The number of nitrogens with zero attached hydrogens (tertiary/aromatic N) is 1. The first-order valence-corrected chi connectivity index (χ1v) is 8.15. The fourth-order valence-corrected chi connectivity index (χ4v) is 5.00. The van der Waals surface area contributed by atoms with E-state index in [2.05, 4.69) is 15.9 Å². The molecule has 110 valence electrons. The van der Waals surface area contributed by atoms with Crippen LogP contribution in [0.4, 0.5) is 0 Å². The number of halogens is 1. The van der Waals surface area contributed by atoms with Crippen LogP contribution in [0.15, 0.2) is 27.6 Å². The average molecular weight is 364 g/mol. The van der Waals surface area contributed by atoms with Crippen molar-refractivity contribution in [2.24, 2.45) is 0 Å². The molecule has 0 aromatic heterocycles. The van der Waals surface area contributed by atoms with Crippen molar-refractivity contribution < 1.29 is 23.4 Å². The highest BCUT2D eigenvalue weighted by Crippen LogP contribution is 2.31. The van der Waals surface area contributed by atoms with E-state index in [0.717, 1.165) is 9.87 Å². The lowest BCUT2D eigenvalue weighted by molar-refractivity contribution is -0.140. The van der Waals surface area contributed by atoms with Gasteiger partial charge < -0.3 is 10.2 Å². The molecule has 1 aromatic carbocycles. The maximum absolute atomic E-state index is 12.5. The molecule has 0 aliphatic carbocycles. The molecule has 2 rings (SSSR count). The van der Waals surface area contributed by atoms with E-state index in [-0.39, 0.29) is 17.9 Å². The highest BCUT2D eigenvalue weighted by atomic mass is 79.9. The van der Waals surface area contributed by atoms with Gasteiger partial charge in [0.1, 0.15) is 6.04 Å². The number of benzene rings is 1. The molecular weight excluding hydrogens is 350 g/mol. The molecule has 0 spiro atoms. The van der Waals surface area contributed by atoms with Crippen molar-refractivity contribution in [2.75, 3.05) is 6.54 Å². The van der Waals surface area contributed by atoms with Gasteiger partial charge in [0.2, 0.25) is 10.0 Å². The molecule has 1 aliphatic rings. The van der Waals surface area contributed by atoms with E-state index >= 15 is 0 Å². The lowest BCUT2D eigenvalue weighted by Crippen LogP contribution is -2.40. The summed E-state index contributed by atoms with van der Waals surface area (Å²) in [5.41, 5.74) is 0.882. The van der Waals surface area contributed by atoms with Crippen LogP contribution in [0.1, 0.15) is 12.0 Å². The van der Waals surface area contributed by atoms with Gasteiger partial charge in [-0.3, -0.25) is 4.79 Å². The van der Waals surface area contributed by atoms with Crippen LogP contribution in [0.25, 0.3) is 0 Å². The zero-order valence-electron chi connectivity index (χ0n) is 10.7. The first kappa shape index (κ1) is 15.4. The monoisotopic (exact) mass is 363 g/mol. The number of β-amino-alcohol motifs (C(OH)–C–C–N with tert-alkyl or cyclic N) is 1. The van der Waals surface area contributed by atoms with Gasteiger partial charge in [0.15, 0.2) is 0 Å². The normalized spacial score (nSPS) is 23.9. The number of hydrogen-bond donors (Lipinski definition) is 2. The molecule has 2 atom stereocenters. The summed E-state index contributed by atoms with van der Waals surface area (Å²) in [7, 11) is -3.97. The highest BCUT2D eigenvalue weighted by Gasteiger charge is 2.44. The van der Waals surface area contributed by atoms with E-state index < -0.39 is 28.1 Å². The summed E-state index contributed by atoms with van der Waals surface area (Å²) in [6, 6.07) is 3.48. The van der Waals surface area contributed by atoms with Gasteiger partial charge >= 0.3 is 5.97 Å². The number of rotatable bonds is 3. The molecule has 1 saturated heterocycles. The Labute approximate surface area is 125 Å². The van der Waals surface area contributed by atoms with E-state index in [1.807, 2.05) is 6.92 Å². The van der Waals surface area contributed by atoms with Gasteiger partial charge in [-0.2, -0.15) is 4.31 Å². The number of hydrogen-bond acceptors (Lipinski definition) is 4. The van der Waals surface area contributed by atoms with Crippen LogP contribution in [0.2, 0.25) is 0 Å². The Morgan fingerprint density at radius 3 is 2.65 bits per heavy atom. The largest absolute Gasteiger partial charge is 0.480 e. The summed E-state index contributed by atoms with van der Waals surface area (Å²) in [4.78, 5) is 11.1. The molecule has 8 heteroatoms. The molecular formula is C12H14BrNO5S. The zero-order valence-corrected chi connectivity index (χ0v) is 13.1. The van der Waals surface area contributed by atoms with Crippen LogP contribution in [0, 0.1) is 6.92 Å². The molecule has 0 bridgehead atoms. The Morgan fingerprint density at radius 2 is 2.10 bits per heavy atom. The smallest absolute Gasteiger partial charge is 0.322 e. The fourth-order valence-electron chi connectivity index (χ4n) is 2.22. The van der Waals surface area contributed by atoms with Gasteiger partial charge in [0.25, 0.3) is 0 Å². The third-order valence-electron chi connectivity index (χ3n) is 3.19. The predicted molar refractivity (Wildman–Crippen MR) is 74.8 cm³/mol. The van der Waals surface area contributed by atoms with Crippen molar-refractivity contribution in [3.05, 3.63) is 28.2 Å². The Hall–Kier alpha value is -0.960. The zero-order chi connectivity index (χ0) is 15.1. The van der Waals surface area contributed by atoms with Crippen LogP contribution in [0.5, 0.6) is 0 Å². The molecule has 0 radical (unpaired) electrons. The summed E-state index contributed by atoms with van der Waals surface area (Å²) in [5.74, 6) is -1.26. The third kappa shape index (κ3) is 2.73. The number of aliphatic hydroxyl groups excluding tert-OH is 1. The van der Waals surface area contributed by atoms with Crippen LogP contribution in [-0.4, -0.2) is 47.6 Å². The highest BCUT2D eigenvalue weighted by molar-refractivity contribution is 9.10. The summed E-state index contributed by atoms with van der Waals surface area (Å²) in [6.45, 7) is 1.61. The average Bonchev–Trinajstić information content (AvgIpc) is 2.71. The SMILES string of the molecule is Cc1ccc(S(=O)(=O)N2C[C@@H](O)C[C@H]2C(=O)O)c(Br)c1. The summed E-state index contributed by atoms with van der Waals surface area (Å²) < 4.78 is 26.3. The molecule has 1 fully saturated rings. The van der Waals surface area contributed by atoms with E-state index in [9.17, 15) is 18.3 Å². The van der Waals surface area contributed by atoms with E-state index in [0.29, 0.717) is 4.47 Å². The fraction of sp³-hybridized carbons (Fsp3) is 0.417. The van der Waals surface area contributed by atoms with Gasteiger partial charge in [-0.05, 0) is 40.5 Å². The molecule has 0 saturated carbocycles. The third-order valence-corrected chi connectivity index (χ3v) is 6.04. The Kier molecular flexibility index (Phi) is 4.19. The van der Waals surface area contributed by atoms with Crippen molar-refractivity contribution in [2.45, 2.75) is 30.4 Å². The number of aliphatic hydroxyl groups is 1. The van der Waals surface area contributed by atoms with Gasteiger partial charge in [-0.15, -0.1) is 0 Å². The summed E-state index contributed by atoms with van der Waals surface area (Å²) in [5, 5.41) is 18.7. The molecule has 20 heavy (non-hydrogen) atoms. The Balaban J connectivity index is 2.46. The lowest BCUT2D eigenvalue weighted by Gasteiger charge is -2.21. The lowest BCUT2D eigenvalue weighted by atomic mass is 10.2. The van der Waals surface area contributed by atoms with Crippen molar-refractivity contribution >= 4 is 31.9 Å². The van der Waals surface area contributed by atoms with Crippen molar-refractivity contribution in [1.82, 2.24) is 4.31 Å². The van der Waals surface area contributed by atoms with Gasteiger partial charge in [-0.1, -0.05) is 6.07 Å². The first-order valence-electron chi connectivity index (χ1n) is 5.92. The molecule has 1 aromatic rings. The van der Waals surface area contributed by atoms with Gasteiger partial charge in [0, 0.05) is 17.4 Å². The number of carboxylic acid groups (broad SMARTS) is 1. The van der Waals surface area contributed by atoms with Crippen LogP contribution < -0.4 is 0 Å². The van der Waals surface area contributed by atoms with E-state index in [1.54, 1.807) is 12.1 Å². The second-order valence-electron chi connectivity index (χ2n) is 4.75. The molecule has 1 heterocycles. The minimum absolute atomic E-state index is 0.00319. The van der Waals surface area contributed by atoms with Crippen molar-refractivity contribution in [3.63, 3.8) is 0 Å². The number of aryl methyl sites for hydroxylation is 1. The summed E-state index contributed by atoms with van der Waals surface area (Å²) in [6.07, 6.45) is -1.06. The number of aliphatic carboxylic acids is 1. The van der Waals surface area contributed by atoms with E-state index in [4.69, 9.17) is 5.11 Å². The Bertz CT molecular complexity index is 645. The maximum atomic E-state index is 12.5. The molecule has 1 aliphatic heterocycles. The van der Waals surface area contributed by atoms with E-state index in [1.165, 1.54) is 6.07 Å². The van der Waals surface area contributed by atoms with Crippen LogP contribution in [-0.2, 0) is 14.8 Å². The van der Waals surface area contributed by atoms with Crippen molar-refractivity contribution in [1.29, 1.82) is 0 Å². The minimum atomic E-state index is -3.97. The second kappa shape index (κ2) is 5.44. The summed E-state index contributed by atoms with van der Waals surface area (Å²) >= 11 is 3.19. The van der Waals surface area contributed by atoms with Gasteiger partial charge in [-0.25, -0.2) is 8.42 Å². The minimum Gasteiger partial charge on any atom is -0.480 e. The molecule has 0 unspecified atom stereocenters. The maximum Gasteiger partial charge on any atom is 0.322 e. The molecule has 6 nitrogen and oxygen atoms in total. The second-order valence-corrected chi connectivity index (χ2v) is 7.47. The number of carboxylic acids is 1. The van der Waals surface area contributed by atoms with Crippen molar-refractivity contribution in [3.8, 4) is 0 Å². The quantitative estimate of drug-likeness (QED) is 0.833. The Morgan fingerprint density at radius 1 is 1.45 bits per heavy atom. The van der Waals surface area contributed by atoms with Gasteiger partial charge in [0.05, 0.1) is 11.0 Å².